The Balaban J connectivity index is 1.48. The van der Waals surface area contributed by atoms with Gasteiger partial charge in [0.15, 0.2) is 11.5 Å². The highest BCUT2D eigenvalue weighted by Gasteiger charge is 2.35. The summed E-state index contributed by atoms with van der Waals surface area (Å²) in [6.07, 6.45) is 3.89. The molecule has 6 heteroatoms. The van der Waals surface area contributed by atoms with Gasteiger partial charge in [-0.2, -0.15) is 0 Å². The zero-order valence-electron chi connectivity index (χ0n) is 13.7. The Kier molecular flexibility index (Phi) is 3.67. The highest BCUT2D eigenvalue weighted by molar-refractivity contribution is 5.77. The molecule has 1 saturated heterocycles. The molecule has 1 amide bonds. The highest BCUT2D eigenvalue weighted by Crippen LogP contribution is 2.38. The molecule has 6 nitrogen and oxygen atoms in total. The van der Waals surface area contributed by atoms with E-state index in [9.17, 15) is 4.79 Å². The maximum absolute atomic E-state index is 12.2. The molecule has 0 aliphatic carbocycles. The molecule has 126 valence electrons. The molecule has 24 heavy (non-hydrogen) atoms. The van der Waals surface area contributed by atoms with Crippen LogP contribution in [-0.4, -0.2) is 29.3 Å². The van der Waals surface area contributed by atoms with Crippen molar-refractivity contribution in [2.24, 2.45) is 5.41 Å². The summed E-state index contributed by atoms with van der Waals surface area (Å²) in [5.41, 5.74) is 2.03. The molecule has 0 unspecified atom stereocenters. The van der Waals surface area contributed by atoms with Gasteiger partial charge in [0.2, 0.25) is 12.7 Å². The molecule has 2 aliphatic rings. The average Bonchev–Trinajstić information content (AvgIpc) is 3.22. The second kappa shape index (κ2) is 5.85. The second-order valence-electron chi connectivity index (χ2n) is 6.92. The molecule has 0 spiro atoms. The van der Waals surface area contributed by atoms with E-state index in [0.717, 1.165) is 30.0 Å². The van der Waals surface area contributed by atoms with Crippen LogP contribution in [-0.2, 0) is 17.8 Å². The summed E-state index contributed by atoms with van der Waals surface area (Å²) in [4.78, 5) is 14.1. The minimum absolute atomic E-state index is 0.0331. The molecule has 3 heterocycles. The normalized spacial score (nSPS) is 22.9. The fraction of sp³-hybridized carbons (Fsp3) is 0.444. The minimum Gasteiger partial charge on any atom is -0.454 e. The lowest BCUT2D eigenvalue weighted by Gasteiger charge is -2.40. The Morgan fingerprint density at radius 2 is 2.12 bits per heavy atom. The number of piperidine rings is 1. The minimum atomic E-state index is 0.0331. The van der Waals surface area contributed by atoms with E-state index in [1.165, 1.54) is 11.8 Å². The first-order chi connectivity index (χ1) is 11.6. The van der Waals surface area contributed by atoms with Gasteiger partial charge < -0.3 is 18.9 Å². The number of amides is 1. The standard InChI is InChI=1S/C18H20N2O4/c1-18(9-13-2-3-15-16(8-13)23-12-22-15)6-4-17(21)20(11-18)10-14-5-7-24-19-14/h2-3,5,7-8H,4,6,9-12H2,1H3/t18-/m1/s1. The number of fused-ring (bicyclic) bond motifs is 1. The van der Waals surface area contributed by atoms with Gasteiger partial charge in [-0.1, -0.05) is 18.1 Å². The summed E-state index contributed by atoms with van der Waals surface area (Å²) in [6.45, 7) is 3.75. The number of aromatic nitrogens is 1. The maximum Gasteiger partial charge on any atom is 0.231 e. The summed E-state index contributed by atoms with van der Waals surface area (Å²) in [5.74, 6) is 1.79. The molecule has 2 aromatic rings. The van der Waals surface area contributed by atoms with Crippen molar-refractivity contribution in [3.8, 4) is 11.5 Å². The van der Waals surface area contributed by atoms with Crippen LogP contribution in [0.2, 0.25) is 0 Å². The quantitative estimate of drug-likeness (QED) is 0.863. The molecule has 1 aromatic heterocycles. The van der Waals surface area contributed by atoms with E-state index in [1.807, 2.05) is 17.0 Å². The predicted molar refractivity (Wildman–Crippen MR) is 85.5 cm³/mol. The number of carbonyl (C=O) groups excluding carboxylic acids is 1. The topological polar surface area (TPSA) is 64.8 Å². The molecule has 0 N–H and O–H groups in total. The van der Waals surface area contributed by atoms with Crippen LogP contribution in [0.15, 0.2) is 35.1 Å². The fourth-order valence-electron chi connectivity index (χ4n) is 3.54. The summed E-state index contributed by atoms with van der Waals surface area (Å²) in [7, 11) is 0. The lowest BCUT2D eigenvalue weighted by molar-refractivity contribution is -0.138. The largest absolute Gasteiger partial charge is 0.454 e. The Labute approximate surface area is 140 Å². The van der Waals surface area contributed by atoms with Crippen LogP contribution in [0.3, 0.4) is 0 Å². The third-order valence-electron chi connectivity index (χ3n) is 4.78. The number of hydrogen-bond donors (Lipinski definition) is 0. The maximum atomic E-state index is 12.2. The van der Waals surface area contributed by atoms with Crippen LogP contribution in [0, 0.1) is 5.41 Å². The van der Waals surface area contributed by atoms with Gasteiger partial charge in [0.25, 0.3) is 0 Å². The van der Waals surface area contributed by atoms with Crippen molar-refractivity contribution in [3.05, 3.63) is 41.8 Å². The SMILES string of the molecule is C[C@]1(Cc2ccc3c(c2)OCO3)CCC(=O)N(Cc2ccon2)C1. The van der Waals surface area contributed by atoms with Gasteiger partial charge >= 0.3 is 0 Å². The monoisotopic (exact) mass is 328 g/mol. The van der Waals surface area contributed by atoms with Crippen LogP contribution < -0.4 is 9.47 Å². The number of likely N-dealkylation sites (tertiary alicyclic amines) is 1. The number of nitrogens with zero attached hydrogens (tertiary/aromatic N) is 2. The van der Waals surface area contributed by atoms with Gasteiger partial charge in [0.1, 0.15) is 12.0 Å². The summed E-state index contributed by atoms with van der Waals surface area (Å²) in [6, 6.07) is 7.89. The zero-order chi connectivity index (χ0) is 16.6. The van der Waals surface area contributed by atoms with Crippen LogP contribution in [0.1, 0.15) is 31.0 Å². The van der Waals surface area contributed by atoms with Gasteiger partial charge in [0.05, 0.1) is 6.54 Å². The van der Waals surface area contributed by atoms with Gasteiger partial charge in [-0.05, 0) is 36.0 Å². The van der Waals surface area contributed by atoms with Crippen molar-refractivity contribution in [2.45, 2.75) is 32.7 Å². The third-order valence-corrected chi connectivity index (χ3v) is 4.78. The van der Waals surface area contributed by atoms with Crippen LogP contribution in [0.4, 0.5) is 0 Å². The first-order valence-corrected chi connectivity index (χ1v) is 8.17. The van der Waals surface area contributed by atoms with E-state index in [2.05, 4.69) is 18.1 Å². The van der Waals surface area contributed by atoms with Crippen LogP contribution in [0.5, 0.6) is 11.5 Å². The van der Waals surface area contributed by atoms with Crippen LogP contribution in [0.25, 0.3) is 0 Å². The Morgan fingerprint density at radius 1 is 1.25 bits per heavy atom. The molecule has 2 aliphatic heterocycles. The molecule has 0 bridgehead atoms. The zero-order valence-corrected chi connectivity index (χ0v) is 13.7. The molecule has 1 atom stereocenters. The number of carbonyl (C=O) groups is 1. The fourth-order valence-corrected chi connectivity index (χ4v) is 3.54. The van der Waals surface area contributed by atoms with E-state index in [4.69, 9.17) is 14.0 Å². The Bertz CT molecular complexity index is 743. The predicted octanol–water partition coefficient (Wildman–Crippen LogP) is 2.77. The average molecular weight is 328 g/mol. The van der Waals surface area contributed by atoms with Gasteiger partial charge in [0, 0.05) is 19.0 Å². The second-order valence-corrected chi connectivity index (χ2v) is 6.92. The number of rotatable bonds is 4. The van der Waals surface area contributed by atoms with Crippen molar-refractivity contribution in [1.29, 1.82) is 0 Å². The van der Waals surface area contributed by atoms with Crippen molar-refractivity contribution in [1.82, 2.24) is 10.1 Å². The molecular formula is C18H20N2O4. The smallest absolute Gasteiger partial charge is 0.231 e. The first-order valence-electron chi connectivity index (χ1n) is 8.17. The molecule has 1 fully saturated rings. The molecular weight excluding hydrogens is 308 g/mol. The van der Waals surface area contributed by atoms with E-state index in [1.54, 1.807) is 6.07 Å². The molecule has 0 saturated carbocycles. The van der Waals surface area contributed by atoms with Crippen molar-refractivity contribution in [3.63, 3.8) is 0 Å². The molecule has 4 rings (SSSR count). The van der Waals surface area contributed by atoms with Gasteiger partial charge in [-0.15, -0.1) is 0 Å². The number of hydrogen-bond acceptors (Lipinski definition) is 5. The molecule has 0 radical (unpaired) electrons. The van der Waals surface area contributed by atoms with E-state index in [-0.39, 0.29) is 18.1 Å². The van der Waals surface area contributed by atoms with Crippen molar-refractivity contribution in [2.75, 3.05) is 13.3 Å². The first kappa shape index (κ1) is 15.1. The summed E-state index contributed by atoms with van der Waals surface area (Å²) in [5, 5.41) is 3.92. The summed E-state index contributed by atoms with van der Waals surface area (Å²) < 4.78 is 15.7. The van der Waals surface area contributed by atoms with Gasteiger partial charge in [-0.3, -0.25) is 4.79 Å². The van der Waals surface area contributed by atoms with Crippen molar-refractivity contribution < 1.29 is 18.8 Å². The van der Waals surface area contributed by atoms with E-state index >= 15 is 0 Å². The Morgan fingerprint density at radius 3 is 2.96 bits per heavy atom. The number of benzene rings is 1. The van der Waals surface area contributed by atoms with Gasteiger partial charge in [-0.25, -0.2) is 0 Å². The lowest BCUT2D eigenvalue weighted by atomic mass is 9.76. The summed E-state index contributed by atoms with van der Waals surface area (Å²) >= 11 is 0. The molecule has 1 aromatic carbocycles. The highest BCUT2D eigenvalue weighted by atomic mass is 16.7. The third kappa shape index (κ3) is 2.96. The number of ether oxygens (including phenoxy) is 2. The van der Waals surface area contributed by atoms with Crippen LogP contribution >= 0.6 is 0 Å². The van der Waals surface area contributed by atoms with Crippen molar-refractivity contribution >= 4 is 5.91 Å². The lowest BCUT2D eigenvalue weighted by Crippen LogP contribution is -2.45. The Hall–Kier alpha value is -2.50. The van der Waals surface area contributed by atoms with E-state index < -0.39 is 0 Å². The van der Waals surface area contributed by atoms with E-state index in [0.29, 0.717) is 19.5 Å².